The quantitative estimate of drug-likeness (QED) is 0.577. The van der Waals surface area contributed by atoms with Crippen molar-refractivity contribution in [3.63, 3.8) is 0 Å². The van der Waals surface area contributed by atoms with Gasteiger partial charge in [0.05, 0.1) is 21.9 Å². The summed E-state index contributed by atoms with van der Waals surface area (Å²) in [6.45, 7) is 5.47. The summed E-state index contributed by atoms with van der Waals surface area (Å²) < 4.78 is 69.5. The summed E-state index contributed by atoms with van der Waals surface area (Å²) in [5.41, 5.74) is 0.144. The number of anilines is 2. The Morgan fingerprint density at radius 1 is 1.18 bits per heavy atom. The van der Waals surface area contributed by atoms with Crippen LogP contribution in [-0.2, 0) is 24.4 Å². The van der Waals surface area contributed by atoms with Crippen molar-refractivity contribution in [1.82, 2.24) is 14.9 Å². The zero-order valence-electron chi connectivity index (χ0n) is 19.3. The van der Waals surface area contributed by atoms with Crippen LogP contribution < -0.4 is 5.32 Å². The van der Waals surface area contributed by atoms with Crippen molar-refractivity contribution in [1.29, 1.82) is 0 Å². The van der Waals surface area contributed by atoms with Crippen molar-refractivity contribution in [2.24, 2.45) is 0 Å². The Labute approximate surface area is 198 Å². The van der Waals surface area contributed by atoms with E-state index in [-0.39, 0.29) is 59.0 Å². The highest BCUT2D eigenvalue weighted by molar-refractivity contribution is 7.92. The zero-order valence-corrected chi connectivity index (χ0v) is 20.9. The predicted octanol–water partition coefficient (Wildman–Crippen LogP) is 2.85. The van der Waals surface area contributed by atoms with Crippen LogP contribution in [0.5, 0.6) is 0 Å². The molecule has 0 radical (unpaired) electrons. The van der Waals surface area contributed by atoms with Crippen LogP contribution in [0.2, 0.25) is 0 Å². The van der Waals surface area contributed by atoms with E-state index in [0.717, 1.165) is 18.6 Å². The van der Waals surface area contributed by atoms with Crippen molar-refractivity contribution in [2.45, 2.75) is 54.9 Å². The van der Waals surface area contributed by atoms with E-state index >= 15 is 0 Å². The topological polar surface area (TPSA) is 136 Å². The second kappa shape index (κ2) is 9.82. The highest BCUT2D eigenvalue weighted by Gasteiger charge is 2.35. The second-order valence-corrected chi connectivity index (χ2v) is 12.5. The largest absolute Gasteiger partial charge is 0.447 e. The van der Waals surface area contributed by atoms with Gasteiger partial charge in [-0.2, -0.15) is 0 Å². The van der Waals surface area contributed by atoms with Gasteiger partial charge in [-0.25, -0.2) is 36.0 Å². The normalized spacial score (nSPS) is 15.4. The summed E-state index contributed by atoms with van der Waals surface area (Å²) in [6, 6.07) is 3.37. The van der Waals surface area contributed by atoms with Gasteiger partial charge in [-0.15, -0.1) is 0 Å². The Kier molecular flexibility index (Phi) is 7.46. The summed E-state index contributed by atoms with van der Waals surface area (Å²) in [4.78, 5) is 21.4. The maximum Gasteiger partial charge on any atom is 0.410 e. The van der Waals surface area contributed by atoms with E-state index in [2.05, 4.69) is 15.3 Å². The number of carbonyl (C=O) groups is 1. The van der Waals surface area contributed by atoms with Crippen LogP contribution >= 0.6 is 0 Å². The van der Waals surface area contributed by atoms with E-state index in [9.17, 15) is 26.0 Å². The number of benzene rings is 1. The van der Waals surface area contributed by atoms with Crippen molar-refractivity contribution < 1.29 is 30.8 Å². The molecule has 0 atom stereocenters. The van der Waals surface area contributed by atoms with Gasteiger partial charge in [0.1, 0.15) is 18.0 Å². The van der Waals surface area contributed by atoms with E-state index in [0.29, 0.717) is 0 Å². The Bertz CT molecular complexity index is 1290. The number of likely N-dealkylation sites (tertiary alicyclic amines) is 1. The number of hydrogen-bond donors (Lipinski definition) is 1. The number of sulfone groups is 2. The molecule has 0 saturated carbocycles. The Balaban J connectivity index is 1.80. The van der Waals surface area contributed by atoms with Crippen LogP contribution in [-0.4, -0.2) is 68.5 Å². The molecule has 1 N–H and O–H groups in total. The minimum absolute atomic E-state index is 0.0606. The zero-order chi connectivity index (χ0) is 25.3. The molecule has 1 fully saturated rings. The van der Waals surface area contributed by atoms with Crippen LogP contribution in [0, 0.1) is 12.7 Å². The fraction of sp³-hybridized carbons (Fsp3) is 0.476. The average molecular weight is 515 g/mol. The molecule has 13 heteroatoms. The number of nitrogens with zero attached hydrogens (tertiary/aromatic N) is 3. The van der Waals surface area contributed by atoms with Crippen molar-refractivity contribution in [3.05, 3.63) is 35.9 Å². The number of aromatic nitrogens is 2. The number of piperidine rings is 1. The smallest absolute Gasteiger partial charge is 0.410 e. The van der Waals surface area contributed by atoms with Gasteiger partial charge in [-0.1, -0.05) is 0 Å². The summed E-state index contributed by atoms with van der Waals surface area (Å²) in [7, 11) is -7.44. The molecule has 0 bridgehead atoms. The number of carbonyl (C=O) groups excluding carboxylic acids is 1. The van der Waals surface area contributed by atoms with Gasteiger partial charge in [-0.05, 0) is 51.8 Å². The number of ether oxygens (including phenoxy) is 1. The van der Waals surface area contributed by atoms with E-state index in [1.54, 1.807) is 13.8 Å². The highest BCUT2D eigenvalue weighted by Crippen LogP contribution is 2.30. The first-order valence-corrected chi connectivity index (χ1v) is 14.0. The predicted molar refractivity (Wildman–Crippen MR) is 123 cm³/mol. The Morgan fingerprint density at radius 3 is 2.38 bits per heavy atom. The maximum absolute atomic E-state index is 14.5. The number of hydrogen-bond acceptors (Lipinski definition) is 9. The lowest BCUT2D eigenvalue weighted by atomic mass is 10.1. The molecule has 3 rings (SSSR count). The third-order valence-electron chi connectivity index (χ3n) is 5.40. The van der Waals surface area contributed by atoms with Crippen LogP contribution in [0.3, 0.4) is 0 Å². The number of halogens is 1. The fourth-order valence-corrected chi connectivity index (χ4v) is 6.08. The molecule has 10 nitrogen and oxygen atoms in total. The van der Waals surface area contributed by atoms with Gasteiger partial charge < -0.3 is 15.0 Å². The van der Waals surface area contributed by atoms with Crippen LogP contribution in [0.15, 0.2) is 34.4 Å². The number of rotatable bonds is 6. The molecular weight excluding hydrogens is 487 g/mol. The molecule has 1 amide bonds. The molecule has 1 aromatic carbocycles. The second-order valence-electron chi connectivity index (χ2n) is 8.36. The van der Waals surface area contributed by atoms with Gasteiger partial charge in [0.2, 0.25) is 0 Å². The summed E-state index contributed by atoms with van der Waals surface area (Å²) in [6.07, 6.45) is 1.75. The van der Waals surface area contributed by atoms with Gasteiger partial charge >= 0.3 is 6.09 Å². The highest BCUT2D eigenvalue weighted by atomic mass is 32.2. The molecule has 34 heavy (non-hydrogen) atoms. The van der Waals surface area contributed by atoms with E-state index in [1.807, 2.05) is 0 Å². The third kappa shape index (κ3) is 5.63. The first kappa shape index (κ1) is 25.8. The molecule has 0 aliphatic carbocycles. The molecule has 2 heterocycles. The molecule has 1 saturated heterocycles. The van der Waals surface area contributed by atoms with E-state index in [1.165, 1.54) is 24.0 Å². The Morgan fingerprint density at radius 2 is 1.82 bits per heavy atom. The maximum atomic E-state index is 14.5. The van der Waals surface area contributed by atoms with Crippen molar-refractivity contribution >= 4 is 37.3 Å². The summed E-state index contributed by atoms with van der Waals surface area (Å²) in [5.74, 6) is -0.747. The van der Waals surface area contributed by atoms with Gasteiger partial charge in [0.25, 0.3) is 0 Å². The molecule has 1 aliphatic rings. The minimum atomic E-state index is -3.86. The molecular formula is C21H27FN4O6S2. The molecule has 2 aromatic rings. The molecule has 1 aromatic heterocycles. The number of amides is 1. The van der Waals surface area contributed by atoms with Crippen molar-refractivity contribution in [2.75, 3.05) is 24.7 Å². The monoisotopic (exact) mass is 514 g/mol. The van der Waals surface area contributed by atoms with Crippen LogP contribution in [0.4, 0.5) is 20.7 Å². The molecule has 0 unspecified atom stereocenters. The van der Waals surface area contributed by atoms with Gasteiger partial charge in [0, 0.05) is 24.9 Å². The fourth-order valence-electron chi connectivity index (χ4n) is 3.58. The first-order chi connectivity index (χ1) is 15.8. The van der Waals surface area contributed by atoms with Gasteiger partial charge in [-0.3, -0.25) is 0 Å². The first-order valence-electron chi connectivity index (χ1n) is 10.6. The number of nitrogens with one attached hydrogen (secondary N) is 1. The van der Waals surface area contributed by atoms with Crippen LogP contribution in [0.1, 0.15) is 32.3 Å². The lowest BCUT2D eigenvalue weighted by Gasteiger charge is -2.31. The minimum Gasteiger partial charge on any atom is -0.447 e. The molecule has 1 aliphatic heterocycles. The van der Waals surface area contributed by atoms with E-state index < -0.39 is 36.8 Å². The summed E-state index contributed by atoms with van der Waals surface area (Å²) >= 11 is 0. The molecule has 186 valence electrons. The molecule has 0 spiro atoms. The van der Waals surface area contributed by atoms with E-state index in [4.69, 9.17) is 4.74 Å². The Hall–Kier alpha value is -2.80. The third-order valence-corrected chi connectivity index (χ3v) is 8.81. The SMILES string of the molecule is Cc1c(Nc2ccc(S(C)(=O)=O)cc2F)ncnc1S(=O)(=O)C1CCN(C(=O)OC(C)C)CC1. The van der Waals surface area contributed by atoms with Gasteiger partial charge in [0.15, 0.2) is 24.7 Å². The standard InChI is InChI=1S/C21H27FN4O6S2/c1-13(2)32-21(27)26-9-7-15(8-10-26)34(30,31)20-14(3)19(23-12-24-20)25-18-6-5-16(11-17(18)22)33(4,28)29/h5-6,11-13,15H,7-10H2,1-4H3,(H,23,24,25). The lowest BCUT2D eigenvalue weighted by Crippen LogP contribution is -2.43. The lowest BCUT2D eigenvalue weighted by molar-refractivity contribution is 0.0714. The summed E-state index contributed by atoms with van der Waals surface area (Å²) in [5, 5.41) is 1.79. The average Bonchev–Trinajstić information content (AvgIpc) is 2.75. The van der Waals surface area contributed by atoms with Crippen LogP contribution in [0.25, 0.3) is 0 Å². The van der Waals surface area contributed by atoms with Crippen molar-refractivity contribution in [3.8, 4) is 0 Å².